The second-order valence-electron chi connectivity index (χ2n) is 5.59. The molecule has 2 aliphatic rings. The fourth-order valence-corrected chi connectivity index (χ4v) is 3.07. The Labute approximate surface area is 130 Å². The van der Waals surface area contributed by atoms with Gasteiger partial charge >= 0.3 is 11.9 Å². The van der Waals surface area contributed by atoms with Crippen LogP contribution in [0.3, 0.4) is 0 Å². The summed E-state index contributed by atoms with van der Waals surface area (Å²) in [5.41, 5.74) is -0.699. The SMILES string of the molecule is C=C(C)C(=O)OCC(=O)OC1(C)CC2OC1CC2OS(=O)[O-]. The van der Waals surface area contributed by atoms with Crippen molar-refractivity contribution in [3.8, 4) is 0 Å². The molecule has 0 spiro atoms. The molecule has 2 bridgehead atoms. The summed E-state index contributed by atoms with van der Waals surface area (Å²) in [5, 5.41) is 0. The van der Waals surface area contributed by atoms with Crippen LogP contribution in [0, 0.1) is 0 Å². The van der Waals surface area contributed by atoms with Crippen LogP contribution in [0.15, 0.2) is 12.2 Å². The van der Waals surface area contributed by atoms with Gasteiger partial charge in [-0.15, -0.1) is 0 Å². The molecule has 0 radical (unpaired) electrons. The minimum atomic E-state index is -2.61. The Bertz CT molecular complexity index is 518. The molecule has 0 saturated carbocycles. The predicted molar refractivity (Wildman–Crippen MR) is 72.0 cm³/mol. The molecule has 9 heteroatoms. The highest BCUT2D eigenvalue weighted by Crippen LogP contribution is 2.45. The zero-order chi connectivity index (χ0) is 16.5. The molecule has 0 aromatic carbocycles. The van der Waals surface area contributed by atoms with Crippen molar-refractivity contribution in [2.45, 2.75) is 50.6 Å². The van der Waals surface area contributed by atoms with Crippen molar-refractivity contribution in [3.05, 3.63) is 12.2 Å². The fraction of sp³-hybridized carbons (Fsp3) is 0.692. The summed E-state index contributed by atoms with van der Waals surface area (Å²) in [6, 6.07) is 0. The van der Waals surface area contributed by atoms with Crippen LogP contribution in [0.25, 0.3) is 0 Å². The van der Waals surface area contributed by atoms with Gasteiger partial charge in [-0.3, -0.25) is 4.18 Å². The van der Waals surface area contributed by atoms with Gasteiger partial charge in [0.2, 0.25) is 0 Å². The molecule has 8 nitrogen and oxygen atoms in total. The lowest BCUT2D eigenvalue weighted by Crippen LogP contribution is -2.45. The maximum Gasteiger partial charge on any atom is 0.344 e. The summed E-state index contributed by atoms with van der Waals surface area (Å²) in [7, 11) is 0. The molecule has 2 fully saturated rings. The molecule has 124 valence electrons. The van der Waals surface area contributed by atoms with E-state index in [0.29, 0.717) is 12.8 Å². The van der Waals surface area contributed by atoms with Crippen LogP contribution < -0.4 is 0 Å². The lowest BCUT2D eigenvalue weighted by molar-refractivity contribution is -0.172. The first-order valence-corrected chi connectivity index (χ1v) is 7.67. The summed E-state index contributed by atoms with van der Waals surface area (Å²) >= 11 is -2.61. The highest BCUT2D eigenvalue weighted by Gasteiger charge is 2.57. The lowest BCUT2D eigenvalue weighted by Gasteiger charge is -2.33. The van der Waals surface area contributed by atoms with Crippen LogP contribution in [0.1, 0.15) is 26.7 Å². The molecular weight excluding hydrogens is 316 g/mol. The van der Waals surface area contributed by atoms with E-state index in [1.54, 1.807) is 6.92 Å². The number of ether oxygens (including phenoxy) is 3. The summed E-state index contributed by atoms with van der Waals surface area (Å²) in [6.07, 6.45) is -0.824. The monoisotopic (exact) mass is 333 g/mol. The lowest BCUT2D eigenvalue weighted by atomic mass is 9.84. The largest absolute Gasteiger partial charge is 0.750 e. The molecule has 0 N–H and O–H groups in total. The van der Waals surface area contributed by atoms with Crippen LogP contribution in [-0.4, -0.2) is 51.2 Å². The number of fused-ring (bicyclic) bond motifs is 2. The summed E-state index contributed by atoms with van der Waals surface area (Å²) < 4.78 is 41.5. The van der Waals surface area contributed by atoms with Crippen molar-refractivity contribution in [1.29, 1.82) is 0 Å². The van der Waals surface area contributed by atoms with Gasteiger partial charge in [0, 0.05) is 18.4 Å². The Hall–Kier alpha value is -1.29. The molecule has 2 rings (SSSR count). The van der Waals surface area contributed by atoms with Gasteiger partial charge < -0.3 is 18.8 Å². The zero-order valence-corrected chi connectivity index (χ0v) is 13.1. The van der Waals surface area contributed by atoms with Crippen LogP contribution in [0.4, 0.5) is 0 Å². The van der Waals surface area contributed by atoms with Gasteiger partial charge in [0.25, 0.3) is 0 Å². The van der Waals surface area contributed by atoms with E-state index in [-0.39, 0.29) is 5.57 Å². The summed E-state index contributed by atoms with van der Waals surface area (Å²) in [4.78, 5) is 23.0. The Kier molecular flexibility index (Phi) is 5.00. The maximum absolute atomic E-state index is 11.8. The van der Waals surface area contributed by atoms with E-state index in [0.717, 1.165) is 0 Å². The molecule has 22 heavy (non-hydrogen) atoms. The van der Waals surface area contributed by atoms with Crippen LogP contribution >= 0.6 is 0 Å². The average Bonchev–Trinajstić information content (AvgIpc) is 2.91. The van der Waals surface area contributed by atoms with E-state index in [2.05, 4.69) is 6.58 Å². The van der Waals surface area contributed by atoms with Gasteiger partial charge in [0.05, 0.1) is 17.5 Å². The molecule has 0 aromatic heterocycles. The summed E-state index contributed by atoms with van der Waals surface area (Å²) in [6.45, 7) is 6.06. The van der Waals surface area contributed by atoms with Crippen LogP contribution in [0.2, 0.25) is 0 Å². The first kappa shape index (κ1) is 17.1. The van der Waals surface area contributed by atoms with Crippen molar-refractivity contribution in [2.75, 3.05) is 6.61 Å². The Morgan fingerprint density at radius 3 is 2.68 bits per heavy atom. The van der Waals surface area contributed by atoms with E-state index in [9.17, 15) is 18.4 Å². The Balaban J connectivity index is 1.84. The Morgan fingerprint density at radius 1 is 1.50 bits per heavy atom. The molecular formula is C13H17O8S-. The molecule has 5 unspecified atom stereocenters. The van der Waals surface area contributed by atoms with Crippen LogP contribution in [0.5, 0.6) is 0 Å². The molecule has 0 aromatic rings. The predicted octanol–water partition coefficient (Wildman–Crippen LogP) is 0.148. The highest BCUT2D eigenvalue weighted by molar-refractivity contribution is 7.74. The second kappa shape index (κ2) is 6.45. The second-order valence-corrected chi connectivity index (χ2v) is 6.19. The zero-order valence-electron chi connectivity index (χ0n) is 12.2. The number of hydrogen-bond acceptors (Lipinski definition) is 8. The summed E-state index contributed by atoms with van der Waals surface area (Å²) in [5.74, 6) is -1.36. The van der Waals surface area contributed by atoms with Gasteiger partial charge in [-0.1, -0.05) is 6.58 Å². The molecule has 0 amide bonds. The molecule has 0 aliphatic carbocycles. The maximum atomic E-state index is 11.8. The van der Waals surface area contributed by atoms with E-state index in [1.165, 1.54) is 6.92 Å². The minimum Gasteiger partial charge on any atom is -0.750 e. The van der Waals surface area contributed by atoms with E-state index in [4.69, 9.17) is 18.4 Å². The van der Waals surface area contributed by atoms with Crippen molar-refractivity contribution in [2.24, 2.45) is 0 Å². The van der Waals surface area contributed by atoms with Crippen molar-refractivity contribution >= 4 is 23.3 Å². The third-order valence-corrected chi connectivity index (χ3v) is 4.11. The standard InChI is InChI=1S/C13H18O8S/c1-7(2)12(15)18-6-11(14)20-13(3)5-9-8(21-22(16)17)4-10(13)19-9/h8-10H,1,4-6H2,2-3H3,(H,16,17)/p-1. The number of esters is 2. The van der Waals surface area contributed by atoms with Gasteiger partial charge in [0.1, 0.15) is 17.8 Å². The Morgan fingerprint density at radius 2 is 2.18 bits per heavy atom. The van der Waals surface area contributed by atoms with Gasteiger partial charge in [-0.05, 0) is 13.8 Å². The number of carbonyl (C=O) groups excluding carboxylic acids is 2. The van der Waals surface area contributed by atoms with E-state index >= 15 is 0 Å². The fourth-order valence-electron chi connectivity index (χ4n) is 2.67. The van der Waals surface area contributed by atoms with Gasteiger partial charge in [-0.2, -0.15) is 0 Å². The smallest absolute Gasteiger partial charge is 0.344 e. The number of hydrogen-bond donors (Lipinski definition) is 0. The van der Waals surface area contributed by atoms with Gasteiger partial charge in [-0.25, -0.2) is 13.8 Å². The van der Waals surface area contributed by atoms with Crippen molar-refractivity contribution in [3.63, 3.8) is 0 Å². The minimum absolute atomic E-state index is 0.188. The molecule has 2 heterocycles. The third kappa shape index (κ3) is 3.72. The quantitative estimate of drug-likeness (QED) is 0.383. The molecule has 2 saturated heterocycles. The number of rotatable bonds is 6. The first-order chi connectivity index (χ1) is 10.2. The first-order valence-electron chi connectivity index (χ1n) is 6.67. The molecule has 5 atom stereocenters. The van der Waals surface area contributed by atoms with E-state index in [1.807, 2.05) is 0 Å². The highest BCUT2D eigenvalue weighted by atomic mass is 32.2. The average molecular weight is 333 g/mol. The third-order valence-electron chi connectivity index (χ3n) is 3.71. The van der Waals surface area contributed by atoms with E-state index < -0.39 is 53.8 Å². The van der Waals surface area contributed by atoms with Crippen LogP contribution in [-0.2, 0) is 39.3 Å². The van der Waals surface area contributed by atoms with Gasteiger partial charge in [0.15, 0.2) is 6.61 Å². The topological polar surface area (TPSA) is 111 Å². The van der Waals surface area contributed by atoms with Crippen molar-refractivity contribution < 1.29 is 36.7 Å². The van der Waals surface area contributed by atoms with Crippen molar-refractivity contribution in [1.82, 2.24) is 0 Å². The normalized spacial score (nSPS) is 34.2. The molecule has 2 aliphatic heterocycles. The number of carbonyl (C=O) groups is 2.